The molecule has 200 valence electrons. The van der Waals surface area contributed by atoms with Crippen LogP contribution in [0.15, 0.2) is 121 Å². The third kappa shape index (κ3) is 5.78. The van der Waals surface area contributed by atoms with Crippen molar-refractivity contribution in [1.82, 2.24) is 0 Å². The molecule has 1 saturated carbocycles. The number of rotatable bonds is 8. The van der Waals surface area contributed by atoms with Crippen LogP contribution >= 0.6 is 0 Å². The van der Waals surface area contributed by atoms with Crippen molar-refractivity contribution in [3.8, 4) is 0 Å². The van der Waals surface area contributed by atoms with Gasteiger partial charge in [-0.05, 0) is 0 Å². The van der Waals surface area contributed by atoms with Crippen LogP contribution < -0.4 is 13.1 Å². The van der Waals surface area contributed by atoms with E-state index in [0.29, 0.717) is 11.1 Å². The monoisotopic (exact) mass is 579 g/mol. The van der Waals surface area contributed by atoms with Gasteiger partial charge in [-0.2, -0.15) is 0 Å². The summed E-state index contributed by atoms with van der Waals surface area (Å²) in [6.45, 7) is 6.94. The molecule has 0 spiro atoms. The molecule has 0 heterocycles. The second-order valence-corrected chi connectivity index (χ2v) is 18.9. The SMILES string of the molecule is C[C@@H]1CC[C@@H](C(C)(C)c2ccccc2)[C@H](OC(=O)C[As+](c2ccccc2)(c2ccccc2)c2ccccc2)C1. The molecule has 0 aromatic heterocycles. The third-order valence-electron chi connectivity index (χ3n) is 8.74. The molecule has 0 unspecified atom stereocenters. The summed E-state index contributed by atoms with van der Waals surface area (Å²) in [7, 11) is 0. The van der Waals surface area contributed by atoms with E-state index in [9.17, 15) is 4.79 Å². The minimum absolute atomic E-state index is 0.0629. The van der Waals surface area contributed by atoms with Crippen LogP contribution in [0.2, 0.25) is 5.21 Å². The molecule has 39 heavy (non-hydrogen) atoms. The van der Waals surface area contributed by atoms with E-state index in [2.05, 4.69) is 142 Å². The van der Waals surface area contributed by atoms with Crippen molar-refractivity contribution in [2.24, 2.45) is 11.8 Å². The molecule has 5 rings (SSSR count). The van der Waals surface area contributed by atoms with Gasteiger partial charge in [-0.15, -0.1) is 0 Å². The topological polar surface area (TPSA) is 26.3 Å². The Balaban J connectivity index is 1.52. The van der Waals surface area contributed by atoms with E-state index >= 15 is 0 Å². The molecule has 0 amide bonds. The van der Waals surface area contributed by atoms with E-state index in [4.69, 9.17) is 4.74 Å². The quantitative estimate of drug-likeness (QED) is 0.176. The molecular formula is C36H40AsO2+. The molecule has 4 aromatic rings. The number of benzene rings is 4. The van der Waals surface area contributed by atoms with Crippen molar-refractivity contribution in [3.05, 3.63) is 127 Å². The molecule has 0 radical (unpaired) electrons. The van der Waals surface area contributed by atoms with E-state index in [-0.39, 0.29) is 23.4 Å². The summed E-state index contributed by atoms with van der Waals surface area (Å²) in [5, 5.41) is 0.416. The van der Waals surface area contributed by atoms with Gasteiger partial charge in [0.1, 0.15) is 0 Å². The average molecular weight is 580 g/mol. The molecule has 0 saturated heterocycles. The summed E-state index contributed by atoms with van der Waals surface area (Å²) in [5.74, 6) is 0.769. The Hall–Kier alpha value is -3.09. The van der Waals surface area contributed by atoms with Crippen LogP contribution in [0.5, 0.6) is 0 Å². The fraction of sp³-hybridized carbons (Fsp3) is 0.306. The van der Waals surface area contributed by atoms with Gasteiger partial charge in [0, 0.05) is 0 Å². The van der Waals surface area contributed by atoms with Gasteiger partial charge in [-0.3, -0.25) is 0 Å². The Morgan fingerprint density at radius 1 is 0.718 bits per heavy atom. The predicted octanol–water partition coefficient (Wildman–Crippen LogP) is 6.48. The van der Waals surface area contributed by atoms with Gasteiger partial charge in [-0.1, -0.05) is 0 Å². The van der Waals surface area contributed by atoms with Crippen LogP contribution in [-0.4, -0.2) is 25.6 Å². The number of hydrogen-bond acceptors (Lipinski definition) is 2. The van der Waals surface area contributed by atoms with Crippen LogP contribution in [0, 0.1) is 11.8 Å². The molecule has 2 nitrogen and oxygen atoms in total. The van der Waals surface area contributed by atoms with Crippen LogP contribution in [0.25, 0.3) is 0 Å². The van der Waals surface area contributed by atoms with Gasteiger partial charge in [0.2, 0.25) is 0 Å². The first-order valence-corrected chi connectivity index (χ1v) is 18.4. The third-order valence-corrected chi connectivity index (χ3v) is 17.7. The number of ether oxygens (including phenoxy) is 1. The Morgan fingerprint density at radius 2 is 1.15 bits per heavy atom. The van der Waals surface area contributed by atoms with Crippen LogP contribution in [0.3, 0.4) is 0 Å². The molecule has 1 aliphatic rings. The van der Waals surface area contributed by atoms with Crippen molar-refractivity contribution in [2.75, 3.05) is 0 Å². The first-order chi connectivity index (χ1) is 18.9. The van der Waals surface area contributed by atoms with Gasteiger partial charge < -0.3 is 0 Å². The number of hydrogen-bond donors (Lipinski definition) is 0. The van der Waals surface area contributed by atoms with Crippen molar-refractivity contribution >= 4 is 32.6 Å². The zero-order chi connectivity index (χ0) is 27.3. The van der Waals surface area contributed by atoms with Gasteiger partial charge in [-0.25, -0.2) is 0 Å². The number of esters is 1. The average Bonchev–Trinajstić information content (AvgIpc) is 2.98. The van der Waals surface area contributed by atoms with Crippen molar-refractivity contribution < 1.29 is 9.53 Å². The summed E-state index contributed by atoms with van der Waals surface area (Å²) < 4.78 is 10.4. The van der Waals surface area contributed by atoms with Crippen molar-refractivity contribution in [2.45, 2.75) is 56.8 Å². The molecule has 1 aliphatic carbocycles. The summed E-state index contributed by atoms with van der Waals surface area (Å²) in [5.41, 5.74) is 1.23. The van der Waals surface area contributed by atoms with Crippen LogP contribution in [0.1, 0.15) is 45.6 Å². The summed E-state index contributed by atoms with van der Waals surface area (Å²) in [6, 6.07) is 42.8. The molecule has 0 bridgehead atoms. The summed E-state index contributed by atoms with van der Waals surface area (Å²) >= 11 is -3.18. The van der Waals surface area contributed by atoms with E-state index in [1.54, 1.807) is 0 Å². The first kappa shape index (κ1) is 27.5. The fourth-order valence-electron chi connectivity index (χ4n) is 6.53. The van der Waals surface area contributed by atoms with Crippen molar-refractivity contribution in [1.29, 1.82) is 0 Å². The predicted molar refractivity (Wildman–Crippen MR) is 165 cm³/mol. The zero-order valence-corrected chi connectivity index (χ0v) is 25.2. The molecule has 4 aromatic carbocycles. The molecule has 1 fully saturated rings. The van der Waals surface area contributed by atoms with Gasteiger partial charge in [0.05, 0.1) is 0 Å². The molecule has 3 heteroatoms. The molecular weight excluding hydrogens is 539 g/mol. The maximum atomic E-state index is 14.2. The van der Waals surface area contributed by atoms with E-state index in [1.807, 2.05) is 0 Å². The standard InChI is InChI=1S/C36H40AsO2/c1-28-24-25-33(36(2,3)29-16-8-4-9-17-29)34(26-28)39-35(38)27-37(30-18-10-5-11-19-30,31-20-12-6-13-21-31)32-22-14-7-15-23-32/h4-23,28,33-34H,24-27H2,1-3H3/q+1/t28-,33-,34-/m1/s1. The van der Waals surface area contributed by atoms with Crippen LogP contribution in [0.4, 0.5) is 0 Å². The Kier molecular flexibility index (Phi) is 8.43. The summed E-state index contributed by atoms with van der Waals surface area (Å²) in [6.07, 6.45) is 3.08. The Morgan fingerprint density at radius 3 is 1.62 bits per heavy atom. The van der Waals surface area contributed by atoms with Gasteiger partial charge in [0.25, 0.3) is 0 Å². The van der Waals surface area contributed by atoms with Gasteiger partial charge in [0.15, 0.2) is 0 Å². The Labute approximate surface area is 236 Å². The maximum absolute atomic E-state index is 14.2. The molecule has 3 atom stereocenters. The van der Waals surface area contributed by atoms with E-state index < -0.39 is 13.6 Å². The number of carbonyl (C=O) groups excluding carboxylic acids is 1. The van der Waals surface area contributed by atoms with Crippen molar-refractivity contribution in [3.63, 3.8) is 0 Å². The fourth-order valence-corrected chi connectivity index (χ4v) is 14.8. The number of carbonyl (C=O) groups is 1. The zero-order valence-electron chi connectivity index (χ0n) is 23.4. The molecule has 0 N–H and O–H groups in total. The van der Waals surface area contributed by atoms with Gasteiger partial charge >= 0.3 is 238 Å². The normalized spacial score (nSPS) is 19.8. The second-order valence-electron chi connectivity index (χ2n) is 11.6. The molecule has 0 aliphatic heterocycles. The summed E-state index contributed by atoms with van der Waals surface area (Å²) in [4.78, 5) is 14.2. The minimum atomic E-state index is -3.18. The van der Waals surface area contributed by atoms with E-state index in [0.717, 1.165) is 12.8 Å². The Bertz CT molecular complexity index is 1240. The van der Waals surface area contributed by atoms with E-state index in [1.165, 1.54) is 25.0 Å². The first-order valence-electron chi connectivity index (χ1n) is 14.2. The van der Waals surface area contributed by atoms with Crippen LogP contribution in [-0.2, 0) is 14.9 Å². The second kappa shape index (κ2) is 12.0.